The first-order valence-corrected chi connectivity index (χ1v) is 4.71. The van der Waals surface area contributed by atoms with Gasteiger partial charge in [-0.25, -0.2) is 4.99 Å². The summed E-state index contributed by atoms with van der Waals surface area (Å²) in [6.45, 7) is 7.96. The van der Waals surface area contributed by atoms with E-state index >= 15 is 0 Å². The zero-order valence-corrected chi connectivity index (χ0v) is 8.76. The molecule has 2 heterocycles. The van der Waals surface area contributed by atoms with Gasteiger partial charge in [0.25, 0.3) is 0 Å². The molecule has 0 fully saturated rings. The molecule has 14 heavy (non-hydrogen) atoms. The number of hydrogen-bond acceptors (Lipinski definition) is 3. The highest BCUT2D eigenvalue weighted by Gasteiger charge is 2.20. The molecule has 0 radical (unpaired) electrons. The van der Waals surface area contributed by atoms with Crippen LogP contribution in [-0.4, -0.2) is 15.6 Å². The van der Waals surface area contributed by atoms with E-state index in [1.54, 1.807) is 0 Å². The number of nitrogens with zero attached hydrogens (tertiary/aromatic N) is 3. The van der Waals surface area contributed by atoms with E-state index in [1.165, 1.54) is 0 Å². The van der Waals surface area contributed by atoms with Crippen molar-refractivity contribution in [1.29, 1.82) is 0 Å². The Bertz CT molecular complexity index is 426. The third-order valence-electron chi connectivity index (χ3n) is 2.37. The Morgan fingerprint density at radius 1 is 1.50 bits per heavy atom. The summed E-state index contributed by atoms with van der Waals surface area (Å²) in [5.41, 5.74) is 3.83. The quantitative estimate of drug-likeness (QED) is 0.731. The molecule has 74 valence electrons. The Morgan fingerprint density at radius 2 is 2.21 bits per heavy atom. The van der Waals surface area contributed by atoms with Crippen LogP contribution in [0.1, 0.15) is 25.2 Å². The number of hydrogen-bond donors (Lipinski definition) is 1. The zero-order chi connectivity index (χ0) is 10.3. The Morgan fingerprint density at radius 3 is 2.86 bits per heavy atom. The smallest absolute Gasteiger partial charge is 0.134 e. The predicted molar refractivity (Wildman–Crippen MR) is 57.5 cm³/mol. The zero-order valence-electron chi connectivity index (χ0n) is 8.76. The highest BCUT2D eigenvalue weighted by atomic mass is 15.3. The molecule has 0 atom stereocenters. The summed E-state index contributed by atoms with van der Waals surface area (Å²) in [6, 6.07) is 0. The van der Waals surface area contributed by atoms with E-state index < -0.39 is 0 Å². The predicted octanol–water partition coefficient (Wildman–Crippen LogP) is 1.61. The molecule has 0 saturated carbocycles. The van der Waals surface area contributed by atoms with Crippen molar-refractivity contribution in [2.75, 3.05) is 0 Å². The molecule has 1 aromatic heterocycles. The molecule has 1 aliphatic heterocycles. The monoisotopic (exact) mass is 190 g/mol. The van der Waals surface area contributed by atoms with E-state index in [9.17, 15) is 0 Å². The van der Waals surface area contributed by atoms with Crippen LogP contribution in [0.2, 0.25) is 0 Å². The minimum Gasteiger partial charge on any atom is -0.343 e. The van der Waals surface area contributed by atoms with Crippen molar-refractivity contribution in [3.05, 3.63) is 18.0 Å². The second-order valence-corrected chi connectivity index (χ2v) is 3.42. The normalized spacial score (nSPS) is 14.8. The van der Waals surface area contributed by atoms with E-state index in [2.05, 4.69) is 28.9 Å². The molecule has 1 aliphatic rings. The molecule has 0 aromatic carbocycles. The second kappa shape index (κ2) is 2.97. The molecular formula is C10H14N4. The fourth-order valence-corrected chi connectivity index (χ4v) is 1.74. The second-order valence-electron chi connectivity index (χ2n) is 3.42. The van der Waals surface area contributed by atoms with Gasteiger partial charge < -0.3 is 5.32 Å². The van der Waals surface area contributed by atoms with Crippen LogP contribution in [0.5, 0.6) is 0 Å². The largest absolute Gasteiger partial charge is 0.343 e. The van der Waals surface area contributed by atoms with E-state index in [0.29, 0.717) is 0 Å². The van der Waals surface area contributed by atoms with Crippen LogP contribution in [0, 0.1) is 0 Å². The van der Waals surface area contributed by atoms with Crippen LogP contribution in [0.25, 0.3) is 5.70 Å². The van der Waals surface area contributed by atoms with E-state index in [0.717, 1.165) is 35.0 Å². The number of amidine groups is 1. The number of aromatic nitrogens is 2. The van der Waals surface area contributed by atoms with Gasteiger partial charge in [0.05, 0.1) is 11.4 Å². The average Bonchev–Trinajstić information content (AvgIpc) is 2.41. The third kappa shape index (κ3) is 1.14. The SMILES string of the molecule is C=C1NC(C)=Nc2c1nn(C)c2CC. The van der Waals surface area contributed by atoms with Gasteiger partial charge in [-0.1, -0.05) is 13.5 Å². The molecule has 0 unspecified atom stereocenters. The fraction of sp³-hybridized carbons (Fsp3) is 0.400. The maximum absolute atomic E-state index is 4.45. The lowest BCUT2D eigenvalue weighted by Crippen LogP contribution is -2.21. The van der Waals surface area contributed by atoms with Gasteiger partial charge in [-0.05, 0) is 13.3 Å². The molecule has 2 rings (SSSR count). The first-order valence-electron chi connectivity index (χ1n) is 4.71. The van der Waals surface area contributed by atoms with Crippen molar-refractivity contribution in [3.63, 3.8) is 0 Å². The number of fused-ring (bicyclic) bond motifs is 1. The van der Waals surface area contributed by atoms with E-state index in [1.807, 2.05) is 18.7 Å². The molecular weight excluding hydrogens is 176 g/mol. The van der Waals surface area contributed by atoms with Crippen LogP contribution < -0.4 is 5.32 Å². The lowest BCUT2D eigenvalue weighted by Gasteiger charge is -2.13. The van der Waals surface area contributed by atoms with Crippen LogP contribution in [0.15, 0.2) is 11.6 Å². The van der Waals surface area contributed by atoms with Crippen molar-refractivity contribution in [2.45, 2.75) is 20.3 Å². The lowest BCUT2D eigenvalue weighted by molar-refractivity contribution is 0.715. The minimum absolute atomic E-state index is 0.836. The molecule has 0 spiro atoms. The Kier molecular flexibility index (Phi) is 1.91. The van der Waals surface area contributed by atoms with Gasteiger partial charge in [0.15, 0.2) is 0 Å². The van der Waals surface area contributed by atoms with Gasteiger partial charge in [0, 0.05) is 7.05 Å². The third-order valence-corrected chi connectivity index (χ3v) is 2.37. The van der Waals surface area contributed by atoms with Crippen LogP contribution in [0.4, 0.5) is 5.69 Å². The van der Waals surface area contributed by atoms with Crippen LogP contribution in [-0.2, 0) is 13.5 Å². The molecule has 0 bridgehead atoms. The number of rotatable bonds is 1. The van der Waals surface area contributed by atoms with Crippen molar-refractivity contribution in [2.24, 2.45) is 12.0 Å². The Labute approximate surface area is 83.3 Å². The minimum atomic E-state index is 0.836. The first-order chi connectivity index (χ1) is 6.63. The summed E-state index contributed by atoms with van der Waals surface area (Å²) >= 11 is 0. The number of aliphatic imine (C=N–C) groups is 1. The molecule has 0 saturated heterocycles. The van der Waals surface area contributed by atoms with Gasteiger partial charge in [0.1, 0.15) is 17.2 Å². The standard InChI is InChI=1S/C10H14N4/c1-5-8-10-9(13-14(8)4)6(2)11-7(3)12-10/h2,5H2,1,3-4H3,(H,11,12). The first kappa shape index (κ1) is 8.99. The summed E-state index contributed by atoms with van der Waals surface area (Å²) in [7, 11) is 1.94. The summed E-state index contributed by atoms with van der Waals surface area (Å²) < 4.78 is 1.87. The van der Waals surface area contributed by atoms with Gasteiger partial charge in [-0.2, -0.15) is 5.10 Å². The van der Waals surface area contributed by atoms with Crippen LogP contribution >= 0.6 is 0 Å². The van der Waals surface area contributed by atoms with E-state index in [-0.39, 0.29) is 0 Å². The van der Waals surface area contributed by atoms with Gasteiger partial charge in [-0.15, -0.1) is 0 Å². The highest BCUT2D eigenvalue weighted by molar-refractivity contribution is 5.95. The molecule has 0 amide bonds. The average molecular weight is 190 g/mol. The van der Waals surface area contributed by atoms with Crippen LogP contribution in [0.3, 0.4) is 0 Å². The summed E-state index contributed by atoms with van der Waals surface area (Å²) in [4.78, 5) is 4.45. The molecule has 1 N–H and O–H groups in total. The maximum atomic E-state index is 4.45. The summed E-state index contributed by atoms with van der Waals surface area (Å²) in [6.07, 6.45) is 0.933. The molecule has 4 nitrogen and oxygen atoms in total. The lowest BCUT2D eigenvalue weighted by atomic mass is 10.2. The van der Waals surface area contributed by atoms with Crippen molar-refractivity contribution in [3.8, 4) is 0 Å². The van der Waals surface area contributed by atoms with Gasteiger partial charge in [-0.3, -0.25) is 4.68 Å². The van der Waals surface area contributed by atoms with E-state index in [4.69, 9.17) is 0 Å². The summed E-state index contributed by atoms with van der Waals surface area (Å²) in [5.74, 6) is 0.880. The van der Waals surface area contributed by atoms with Gasteiger partial charge >= 0.3 is 0 Å². The fourth-order valence-electron chi connectivity index (χ4n) is 1.74. The maximum Gasteiger partial charge on any atom is 0.134 e. The number of aryl methyl sites for hydroxylation is 1. The van der Waals surface area contributed by atoms with Gasteiger partial charge in [0.2, 0.25) is 0 Å². The molecule has 4 heteroatoms. The number of nitrogens with one attached hydrogen (secondary N) is 1. The Balaban J connectivity index is 2.66. The van der Waals surface area contributed by atoms with Crippen molar-refractivity contribution in [1.82, 2.24) is 15.1 Å². The molecule has 1 aromatic rings. The van der Waals surface area contributed by atoms with Crippen molar-refractivity contribution < 1.29 is 0 Å². The highest BCUT2D eigenvalue weighted by Crippen LogP contribution is 2.30. The van der Waals surface area contributed by atoms with Crippen molar-refractivity contribution >= 4 is 17.2 Å². The molecule has 0 aliphatic carbocycles. The Hall–Kier alpha value is -1.58. The summed E-state index contributed by atoms with van der Waals surface area (Å²) in [5, 5.41) is 7.46. The topological polar surface area (TPSA) is 42.2 Å².